The first-order chi connectivity index (χ1) is 14.4. The topological polar surface area (TPSA) is 78.5 Å². The van der Waals surface area contributed by atoms with Crippen molar-refractivity contribution in [2.45, 2.75) is 44.3 Å². The van der Waals surface area contributed by atoms with E-state index in [2.05, 4.69) is 31.6 Å². The number of hydrogen-bond donors (Lipinski definition) is 0. The van der Waals surface area contributed by atoms with E-state index < -0.39 is 0 Å². The average molecular weight is 425 g/mol. The van der Waals surface area contributed by atoms with Gasteiger partial charge < -0.3 is 4.74 Å². The molecule has 0 radical (unpaired) electrons. The molecule has 1 aromatic carbocycles. The van der Waals surface area contributed by atoms with Crippen LogP contribution in [0.15, 0.2) is 46.9 Å². The number of esters is 1. The highest BCUT2D eigenvalue weighted by molar-refractivity contribution is 7.99. The number of carbonyl (C=O) groups excluding carboxylic acids is 1. The number of fused-ring (bicyclic) bond motifs is 4. The van der Waals surface area contributed by atoms with Crippen LogP contribution in [-0.2, 0) is 27.9 Å². The minimum Gasteiger partial charge on any atom is -0.465 e. The summed E-state index contributed by atoms with van der Waals surface area (Å²) in [5, 5.41) is 4.97. The van der Waals surface area contributed by atoms with Crippen molar-refractivity contribution < 1.29 is 9.53 Å². The largest absolute Gasteiger partial charge is 0.465 e. The lowest BCUT2D eigenvalue weighted by atomic mass is 9.72. The zero-order valence-corrected chi connectivity index (χ0v) is 18.2. The van der Waals surface area contributed by atoms with Crippen LogP contribution in [0, 0.1) is 0 Å². The second-order valence-electron chi connectivity index (χ2n) is 7.84. The zero-order chi connectivity index (χ0) is 21.5. The van der Waals surface area contributed by atoms with Crippen molar-refractivity contribution in [3.63, 3.8) is 0 Å². The van der Waals surface area contributed by atoms with E-state index in [0.717, 1.165) is 12.0 Å². The van der Waals surface area contributed by atoms with Crippen LogP contribution in [-0.4, -0.2) is 37.5 Å². The Morgan fingerprint density at radius 2 is 2.13 bits per heavy atom. The predicted molar refractivity (Wildman–Crippen MR) is 117 cm³/mol. The van der Waals surface area contributed by atoms with Gasteiger partial charge in [-0.05, 0) is 18.9 Å². The molecule has 1 aliphatic carbocycles. The second-order valence-corrected chi connectivity index (χ2v) is 8.78. The van der Waals surface area contributed by atoms with Gasteiger partial charge in [-0.3, -0.25) is 9.59 Å². The standard InChI is InChI=1S/C22H24N4O3S/c1-5-11-25-20-23-18-15-10-8-7-9-14(15)12-22(3,4)17(18)19(28)26(20)21(24-25)30-13-16(27)29-6-2/h5,7-10H,1,6,11-13H2,2-4H3. The summed E-state index contributed by atoms with van der Waals surface area (Å²) in [4.78, 5) is 30.5. The van der Waals surface area contributed by atoms with Crippen LogP contribution in [0.1, 0.15) is 31.9 Å². The van der Waals surface area contributed by atoms with Gasteiger partial charge in [-0.1, -0.05) is 56.0 Å². The van der Waals surface area contributed by atoms with Crippen LogP contribution in [0.3, 0.4) is 0 Å². The van der Waals surface area contributed by atoms with Crippen LogP contribution in [0.2, 0.25) is 0 Å². The number of aromatic nitrogens is 4. The molecule has 0 spiro atoms. The van der Waals surface area contributed by atoms with E-state index in [1.807, 2.05) is 18.2 Å². The predicted octanol–water partition coefficient (Wildman–Crippen LogP) is 3.23. The third-order valence-electron chi connectivity index (χ3n) is 5.20. The number of allylic oxidation sites excluding steroid dienone is 1. The van der Waals surface area contributed by atoms with Crippen molar-refractivity contribution in [2.24, 2.45) is 0 Å². The number of benzene rings is 1. The van der Waals surface area contributed by atoms with Crippen molar-refractivity contribution in [2.75, 3.05) is 12.4 Å². The van der Waals surface area contributed by atoms with E-state index in [4.69, 9.17) is 9.72 Å². The summed E-state index contributed by atoms with van der Waals surface area (Å²) in [6.45, 7) is 10.4. The maximum Gasteiger partial charge on any atom is 0.316 e. The molecule has 0 saturated heterocycles. The van der Waals surface area contributed by atoms with Gasteiger partial charge in [0, 0.05) is 11.0 Å². The quantitative estimate of drug-likeness (QED) is 0.343. The third kappa shape index (κ3) is 3.35. The Kier molecular flexibility index (Phi) is 5.27. The third-order valence-corrected chi connectivity index (χ3v) is 6.10. The molecule has 4 rings (SSSR count). The molecule has 0 bridgehead atoms. The summed E-state index contributed by atoms with van der Waals surface area (Å²) < 4.78 is 8.17. The Hall–Kier alpha value is -2.87. The molecule has 0 atom stereocenters. The van der Waals surface area contributed by atoms with Crippen molar-refractivity contribution in [1.82, 2.24) is 19.2 Å². The molecule has 0 N–H and O–H groups in total. The molecule has 30 heavy (non-hydrogen) atoms. The maximum atomic E-state index is 13.7. The summed E-state index contributed by atoms with van der Waals surface area (Å²) in [6.07, 6.45) is 2.46. The summed E-state index contributed by atoms with van der Waals surface area (Å²) >= 11 is 1.18. The molecule has 0 aliphatic heterocycles. The van der Waals surface area contributed by atoms with Crippen LogP contribution >= 0.6 is 11.8 Å². The Morgan fingerprint density at radius 1 is 1.37 bits per heavy atom. The molecule has 8 heteroatoms. The Bertz CT molecular complexity index is 1210. The Labute approximate surface area is 178 Å². The summed E-state index contributed by atoms with van der Waals surface area (Å²) in [5.41, 5.74) is 3.03. The van der Waals surface area contributed by atoms with Gasteiger partial charge in [0.05, 0.1) is 30.2 Å². The number of nitrogens with zero attached hydrogens (tertiary/aromatic N) is 4. The maximum absolute atomic E-state index is 13.7. The smallest absolute Gasteiger partial charge is 0.316 e. The molecule has 0 fully saturated rings. The van der Waals surface area contributed by atoms with Crippen molar-refractivity contribution in [3.8, 4) is 11.3 Å². The number of hydrogen-bond acceptors (Lipinski definition) is 6. The minimum atomic E-state index is -0.376. The number of rotatable bonds is 6. The zero-order valence-electron chi connectivity index (χ0n) is 17.3. The van der Waals surface area contributed by atoms with Crippen LogP contribution < -0.4 is 5.56 Å². The van der Waals surface area contributed by atoms with E-state index in [0.29, 0.717) is 35.3 Å². The number of carbonyl (C=O) groups is 1. The highest BCUT2D eigenvalue weighted by Crippen LogP contribution is 2.40. The first kappa shape index (κ1) is 20.4. The van der Waals surface area contributed by atoms with Crippen molar-refractivity contribution in [1.29, 1.82) is 0 Å². The first-order valence-electron chi connectivity index (χ1n) is 9.89. The normalized spacial score (nSPS) is 14.2. The first-order valence-corrected chi connectivity index (χ1v) is 10.9. The van der Waals surface area contributed by atoms with E-state index in [9.17, 15) is 9.59 Å². The van der Waals surface area contributed by atoms with Crippen LogP contribution in [0.4, 0.5) is 0 Å². The van der Waals surface area contributed by atoms with Gasteiger partial charge in [0.1, 0.15) is 0 Å². The van der Waals surface area contributed by atoms with Gasteiger partial charge in [-0.25, -0.2) is 14.1 Å². The highest BCUT2D eigenvalue weighted by Gasteiger charge is 2.36. The van der Waals surface area contributed by atoms with Crippen molar-refractivity contribution >= 4 is 23.5 Å². The van der Waals surface area contributed by atoms with E-state index in [1.54, 1.807) is 17.7 Å². The molecule has 7 nitrogen and oxygen atoms in total. The monoisotopic (exact) mass is 424 g/mol. The molecular formula is C22H24N4O3S. The number of thioether (sulfide) groups is 1. The highest BCUT2D eigenvalue weighted by atomic mass is 32.2. The van der Waals surface area contributed by atoms with Crippen molar-refractivity contribution in [3.05, 3.63) is 58.4 Å². The van der Waals surface area contributed by atoms with Gasteiger partial charge in [-0.2, -0.15) is 0 Å². The summed E-state index contributed by atoms with van der Waals surface area (Å²) in [6, 6.07) is 8.08. The van der Waals surface area contributed by atoms with Gasteiger partial charge in [0.25, 0.3) is 5.56 Å². The van der Waals surface area contributed by atoms with Gasteiger partial charge in [0.15, 0.2) is 5.16 Å². The molecule has 2 heterocycles. The lowest BCUT2D eigenvalue weighted by Gasteiger charge is -2.32. The molecule has 156 valence electrons. The van der Waals surface area contributed by atoms with E-state index in [-0.39, 0.29) is 22.7 Å². The Balaban J connectivity index is 1.95. The fraction of sp³-hybridized carbons (Fsp3) is 0.364. The number of ether oxygens (including phenoxy) is 1. The van der Waals surface area contributed by atoms with Crippen LogP contribution in [0.5, 0.6) is 0 Å². The minimum absolute atomic E-state index is 0.0732. The summed E-state index contributed by atoms with van der Waals surface area (Å²) in [5.74, 6) is 0.170. The molecule has 1 aliphatic rings. The lowest BCUT2D eigenvalue weighted by Crippen LogP contribution is -2.36. The lowest BCUT2D eigenvalue weighted by molar-refractivity contribution is -0.139. The molecular weight excluding hydrogens is 400 g/mol. The van der Waals surface area contributed by atoms with Crippen LogP contribution in [0.25, 0.3) is 17.0 Å². The van der Waals surface area contributed by atoms with Gasteiger partial charge in [0.2, 0.25) is 5.78 Å². The molecule has 2 aromatic heterocycles. The van der Waals surface area contributed by atoms with Gasteiger partial charge in [-0.15, -0.1) is 11.7 Å². The fourth-order valence-corrected chi connectivity index (χ4v) is 4.77. The average Bonchev–Trinajstić information content (AvgIpc) is 3.04. The molecule has 0 saturated carbocycles. The molecule has 0 amide bonds. The Morgan fingerprint density at radius 3 is 2.87 bits per heavy atom. The van der Waals surface area contributed by atoms with E-state index >= 15 is 0 Å². The summed E-state index contributed by atoms with van der Waals surface area (Å²) in [7, 11) is 0. The van der Waals surface area contributed by atoms with Gasteiger partial charge >= 0.3 is 5.97 Å². The fourth-order valence-electron chi connectivity index (χ4n) is 3.99. The molecule has 3 aromatic rings. The van der Waals surface area contributed by atoms with E-state index in [1.165, 1.54) is 21.7 Å². The second kappa shape index (κ2) is 7.75. The molecule has 0 unspecified atom stereocenters. The SMILES string of the molecule is C=CCn1nc(SCC(=O)OCC)n2c(=O)c3c(nc12)-c1ccccc1CC3(C)C.